The number of rotatable bonds is 3. The molecular formula is C8H14N4O. The highest BCUT2D eigenvalue weighted by Gasteiger charge is 2.13. The second-order valence-electron chi connectivity index (χ2n) is 3.39. The molecule has 1 aromatic heterocycles. The van der Waals surface area contributed by atoms with Gasteiger partial charge in [-0.25, -0.2) is 4.63 Å². The SMILES string of the molecule is Nc1nonc1CCN1CCCC1. The molecule has 0 radical (unpaired) electrons. The summed E-state index contributed by atoms with van der Waals surface area (Å²) in [5, 5.41) is 7.27. The van der Waals surface area contributed by atoms with Crippen LogP contribution < -0.4 is 5.73 Å². The van der Waals surface area contributed by atoms with Crippen molar-refractivity contribution in [3.05, 3.63) is 5.69 Å². The minimum absolute atomic E-state index is 0.430. The molecule has 0 saturated carbocycles. The Morgan fingerprint density at radius 1 is 1.31 bits per heavy atom. The fourth-order valence-electron chi connectivity index (χ4n) is 1.66. The van der Waals surface area contributed by atoms with Crippen LogP contribution in [0.15, 0.2) is 4.63 Å². The molecule has 13 heavy (non-hydrogen) atoms. The van der Waals surface area contributed by atoms with E-state index in [1.165, 1.54) is 25.9 Å². The molecule has 5 heteroatoms. The molecule has 1 saturated heterocycles. The topological polar surface area (TPSA) is 68.2 Å². The molecule has 1 aliphatic heterocycles. The van der Waals surface area contributed by atoms with Gasteiger partial charge in [-0.2, -0.15) is 0 Å². The number of aromatic nitrogens is 2. The fourth-order valence-corrected chi connectivity index (χ4v) is 1.66. The van der Waals surface area contributed by atoms with Gasteiger partial charge in [0.1, 0.15) is 5.69 Å². The Balaban J connectivity index is 1.82. The molecule has 0 spiro atoms. The van der Waals surface area contributed by atoms with Crippen LogP contribution in [0.2, 0.25) is 0 Å². The van der Waals surface area contributed by atoms with Crippen LogP contribution in [0.5, 0.6) is 0 Å². The highest BCUT2D eigenvalue weighted by molar-refractivity contribution is 5.30. The Morgan fingerprint density at radius 2 is 2.08 bits per heavy atom. The van der Waals surface area contributed by atoms with E-state index in [9.17, 15) is 0 Å². The quantitative estimate of drug-likeness (QED) is 0.727. The lowest BCUT2D eigenvalue weighted by molar-refractivity contribution is 0.299. The third-order valence-corrected chi connectivity index (χ3v) is 2.45. The first-order valence-corrected chi connectivity index (χ1v) is 4.65. The number of nitrogens with two attached hydrogens (primary N) is 1. The van der Waals surface area contributed by atoms with Gasteiger partial charge in [0, 0.05) is 13.0 Å². The fraction of sp³-hybridized carbons (Fsp3) is 0.750. The zero-order valence-corrected chi connectivity index (χ0v) is 7.57. The predicted molar refractivity (Wildman–Crippen MR) is 48.1 cm³/mol. The van der Waals surface area contributed by atoms with Crippen molar-refractivity contribution < 1.29 is 4.63 Å². The number of likely N-dealkylation sites (tertiary alicyclic amines) is 1. The highest BCUT2D eigenvalue weighted by atomic mass is 16.6. The van der Waals surface area contributed by atoms with E-state index in [-0.39, 0.29) is 0 Å². The third-order valence-electron chi connectivity index (χ3n) is 2.45. The Kier molecular flexibility index (Phi) is 2.44. The summed E-state index contributed by atoms with van der Waals surface area (Å²) in [4.78, 5) is 2.41. The van der Waals surface area contributed by atoms with Crippen LogP contribution in [0.3, 0.4) is 0 Å². The van der Waals surface area contributed by atoms with Crippen LogP contribution in [-0.2, 0) is 6.42 Å². The van der Waals surface area contributed by atoms with E-state index in [1.54, 1.807) is 0 Å². The molecule has 1 aromatic rings. The maximum Gasteiger partial charge on any atom is 0.191 e. The molecule has 0 bridgehead atoms. The smallest absolute Gasteiger partial charge is 0.191 e. The summed E-state index contributed by atoms with van der Waals surface area (Å²) in [5.74, 6) is 0.430. The van der Waals surface area contributed by atoms with Crippen molar-refractivity contribution >= 4 is 5.82 Å². The lowest BCUT2D eigenvalue weighted by Gasteiger charge is -2.12. The summed E-state index contributed by atoms with van der Waals surface area (Å²) in [6, 6.07) is 0. The number of hydrogen-bond donors (Lipinski definition) is 1. The van der Waals surface area contributed by atoms with Gasteiger partial charge in [-0.05, 0) is 31.1 Å². The van der Waals surface area contributed by atoms with Crippen LogP contribution in [0, 0.1) is 0 Å². The Bertz CT molecular complexity index is 267. The monoisotopic (exact) mass is 182 g/mol. The number of nitrogen functional groups attached to an aromatic ring is 1. The van der Waals surface area contributed by atoms with Gasteiger partial charge in [0.05, 0.1) is 0 Å². The average Bonchev–Trinajstić information content (AvgIpc) is 2.72. The summed E-state index contributed by atoms with van der Waals surface area (Å²) in [7, 11) is 0. The first-order chi connectivity index (χ1) is 6.36. The van der Waals surface area contributed by atoms with Crippen molar-refractivity contribution in [1.82, 2.24) is 15.2 Å². The van der Waals surface area contributed by atoms with E-state index >= 15 is 0 Å². The van der Waals surface area contributed by atoms with Gasteiger partial charge in [-0.1, -0.05) is 5.16 Å². The summed E-state index contributed by atoms with van der Waals surface area (Å²) in [6.45, 7) is 3.41. The van der Waals surface area contributed by atoms with E-state index in [2.05, 4.69) is 19.8 Å². The minimum atomic E-state index is 0.430. The van der Waals surface area contributed by atoms with Gasteiger partial charge in [0.25, 0.3) is 0 Å². The predicted octanol–water partition coefficient (Wildman–Crippen LogP) is 0.290. The first kappa shape index (κ1) is 8.50. The van der Waals surface area contributed by atoms with Gasteiger partial charge in [0.15, 0.2) is 5.82 Å². The highest BCUT2D eigenvalue weighted by Crippen LogP contribution is 2.10. The van der Waals surface area contributed by atoms with E-state index < -0.39 is 0 Å². The van der Waals surface area contributed by atoms with Crippen LogP contribution in [0.1, 0.15) is 18.5 Å². The number of hydrogen-bond acceptors (Lipinski definition) is 5. The van der Waals surface area contributed by atoms with Crippen LogP contribution in [0.25, 0.3) is 0 Å². The molecule has 0 unspecified atom stereocenters. The van der Waals surface area contributed by atoms with Gasteiger partial charge >= 0.3 is 0 Å². The lowest BCUT2D eigenvalue weighted by Crippen LogP contribution is -2.22. The molecular weight excluding hydrogens is 168 g/mol. The van der Waals surface area contributed by atoms with Gasteiger partial charge in [-0.15, -0.1) is 0 Å². The van der Waals surface area contributed by atoms with Gasteiger partial charge < -0.3 is 10.6 Å². The average molecular weight is 182 g/mol. The Morgan fingerprint density at radius 3 is 2.69 bits per heavy atom. The lowest BCUT2D eigenvalue weighted by atomic mass is 10.3. The molecule has 72 valence electrons. The maximum atomic E-state index is 5.54. The largest absolute Gasteiger partial charge is 0.379 e. The normalized spacial score (nSPS) is 18.2. The Labute approximate surface area is 76.9 Å². The van der Waals surface area contributed by atoms with Crippen LogP contribution in [-0.4, -0.2) is 34.8 Å². The zero-order valence-electron chi connectivity index (χ0n) is 7.57. The second kappa shape index (κ2) is 3.74. The number of nitrogens with zero attached hydrogens (tertiary/aromatic N) is 3. The standard InChI is InChI=1S/C8H14N4O/c9-8-7(10-13-11-8)3-6-12-4-1-2-5-12/h1-6H2,(H2,9,11). The van der Waals surface area contributed by atoms with Crippen molar-refractivity contribution in [3.8, 4) is 0 Å². The van der Waals surface area contributed by atoms with E-state index in [4.69, 9.17) is 5.73 Å². The third kappa shape index (κ3) is 1.98. The molecule has 2 N–H and O–H groups in total. The van der Waals surface area contributed by atoms with E-state index in [1.807, 2.05) is 0 Å². The minimum Gasteiger partial charge on any atom is -0.379 e. The molecule has 0 amide bonds. The maximum absolute atomic E-state index is 5.54. The second-order valence-corrected chi connectivity index (χ2v) is 3.39. The number of anilines is 1. The van der Waals surface area contributed by atoms with E-state index in [0.717, 1.165) is 18.7 Å². The summed E-state index contributed by atoms with van der Waals surface area (Å²) in [6.07, 6.45) is 3.47. The van der Waals surface area contributed by atoms with E-state index in [0.29, 0.717) is 5.82 Å². The van der Waals surface area contributed by atoms with Crippen molar-refractivity contribution in [2.24, 2.45) is 0 Å². The van der Waals surface area contributed by atoms with Crippen molar-refractivity contribution in [2.75, 3.05) is 25.4 Å². The summed E-state index contributed by atoms with van der Waals surface area (Å²) >= 11 is 0. The zero-order chi connectivity index (χ0) is 9.10. The van der Waals surface area contributed by atoms with Crippen molar-refractivity contribution in [3.63, 3.8) is 0 Å². The molecule has 0 aromatic carbocycles. The van der Waals surface area contributed by atoms with Gasteiger partial charge in [0.2, 0.25) is 0 Å². The molecule has 5 nitrogen and oxygen atoms in total. The van der Waals surface area contributed by atoms with Crippen molar-refractivity contribution in [1.29, 1.82) is 0 Å². The molecule has 0 aliphatic carbocycles. The molecule has 2 heterocycles. The first-order valence-electron chi connectivity index (χ1n) is 4.65. The van der Waals surface area contributed by atoms with Crippen LogP contribution >= 0.6 is 0 Å². The summed E-state index contributed by atoms with van der Waals surface area (Å²) < 4.78 is 4.52. The Hall–Kier alpha value is -1.10. The molecule has 1 fully saturated rings. The molecule has 1 aliphatic rings. The molecule has 0 atom stereocenters. The molecule has 2 rings (SSSR count). The summed E-state index contributed by atoms with van der Waals surface area (Å²) in [5.41, 5.74) is 6.32. The van der Waals surface area contributed by atoms with Gasteiger partial charge in [-0.3, -0.25) is 0 Å². The van der Waals surface area contributed by atoms with Crippen molar-refractivity contribution in [2.45, 2.75) is 19.3 Å². The van der Waals surface area contributed by atoms with Crippen LogP contribution in [0.4, 0.5) is 5.82 Å².